The zero-order valence-electron chi connectivity index (χ0n) is 14.0. The maximum absolute atomic E-state index is 14.1. The quantitative estimate of drug-likeness (QED) is 0.510. The number of aryl methyl sites for hydroxylation is 1. The molecule has 0 saturated carbocycles. The molecule has 0 amide bonds. The molecule has 3 aromatic carbocycles. The molecule has 140 valence electrons. The molecular weight excluding hydrogens is 456 g/mol. The molecule has 0 aliphatic rings. The highest BCUT2D eigenvalue weighted by molar-refractivity contribution is 9.10. The third-order valence-corrected chi connectivity index (χ3v) is 6.30. The van der Waals surface area contributed by atoms with E-state index in [-0.39, 0.29) is 5.56 Å². The first-order chi connectivity index (χ1) is 12.6. The molecule has 8 heteroatoms. The summed E-state index contributed by atoms with van der Waals surface area (Å²) in [5.74, 6) is -2.47. The SMILES string of the molecule is Cc1cc(-c2ccc(-c3cc(F)c(S(N)(=O)=O)c(F)c3)cc2S)ccc1Br. The fourth-order valence-electron chi connectivity index (χ4n) is 2.77. The normalized spacial score (nSPS) is 11.6. The molecule has 3 rings (SSSR count). The summed E-state index contributed by atoms with van der Waals surface area (Å²) in [6, 6.07) is 12.9. The van der Waals surface area contributed by atoms with E-state index in [1.807, 2.05) is 25.1 Å². The second-order valence-corrected chi connectivity index (χ2v) is 8.84. The molecule has 0 radical (unpaired) electrons. The van der Waals surface area contributed by atoms with Gasteiger partial charge in [0.25, 0.3) is 0 Å². The van der Waals surface area contributed by atoms with Crippen LogP contribution in [0.3, 0.4) is 0 Å². The Morgan fingerprint density at radius 1 is 0.926 bits per heavy atom. The summed E-state index contributed by atoms with van der Waals surface area (Å²) in [5.41, 5.74) is 3.56. The van der Waals surface area contributed by atoms with Gasteiger partial charge in [0.2, 0.25) is 10.0 Å². The molecule has 0 aromatic heterocycles. The summed E-state index contributed by atoms with van der Waals surface area (Å²) in [5, 5.41) is 4.86. The van der Waals surface area contributed by atoms with E-state index in [0.29, 0.717) is 10.5 Å². The molecule has 0 unspecified atom stereocenters. The van der Waals surface area contributed by atoms with Crippen LogP contribution in [0.25, 0.3) is 22.3 Å². The molecular formula is C19H14BrF2NO2S2. The molecule has 0 heterocycles. The van der Waals surface area contributed by atoms with Crippen LogP contribution in [0.4, 0.5) is 8.78 Å². The predicted molar refractivity (Wildman–Crippen MR) is 108 cm³/mol. The lowest BCUT2D eigenvalue weighted by atomic mass is 9.99. The van der Waals surface area contributed by atoms with Gasteiger partial charge in [-0.2, -0.15) is 0 Å². The van der Waals surface area contributed by atoms with Gasteiger partial charge in [-0.05, 0) is 59.0 Å². The van der Waals surface area contributed by atoms with Crippen molar-refractivity contribution in [2.75, 3.05) is 0 Å². The van der Waals surface area contributed by atoms with Crippen molar-refractivity contribution in [2.24, 2.45) is 5.14 Å². The van der Waals surface area contributed by atoms with Gasteiger partial charge in [0.15, 0.2) is 4.90 Å². The van der Waals surface area contributed by atoms with E-state index in [9.17, 15) is 17.2 Å². The van der Waals surface area contributed by atoms with Crippen LogP contribution in [0.2, 0.25) is 0 Å². The van der Waals surface area contributed by atoms with Crippen molar-refractivity contribution < 1.29 is 17.2 Å². The van der Waals surface area contributed by atoms with Gasteiger partial charge in [-0.3, -0.25) is 0 Å². The van der Waals surface area contributed by atoms with E-state index in [1.54, 1.807) is 18.2 Å². The number of nitrogens with two attached hydrogens (primary N) is 1. The fraction of sp³-hybridized carbons (Fsp3) is 0.0526. The molecule has 27 heavy (non-hydrogen) atoms. The highest BCUT2D eigenvalue weighted by atomic mass is 79.9. The first-order valence-electron chi connectivity index (χ1n) is 7.69. The molecule has 0 spiro atoms. The van der Waals surface area contributed by atoms with Crippen molar-refractivity contribution in [1.29, 1.82) is 0 Å². The van der Waals surface area contributed by atoms with E-state index in [1.165, 1.54) is 0 Å². The maximum Gasteiger partial charge on any atom is 0.243 e. The van der Waals surface area contributed by atoms with Crippen LogP contribution in [0, 0.1) is 18.6 Å². The summed E-state index contributed by atoms with van der Waals surface area (Å²) in [6.07, 6.45) is 0. The number of hydrogen-bond acceptors (Lipinski definition) is 3. The van der Waals surface area contributed by atoms with Gasteiger partial charge < -0.3 is 0 Å². The Kier molecular flexibility index (Phi) is 5.45. The number of sulfonamides is 1. The van der Waals surface area contributed by atoms with Crippen molar-refractivity contribution in [3.8, 4) is 22.3 Å². The number of rotatable bonds is 3. The Bertz CT molecular complexity index is 1140. The lowest BCUT2D eigenvalue weighted by Crippen LogP contribution is -2.16. The van der Waals surface area contributed by atoms with Crippen LogP contribution in [-0.4, -0.2) is 8.42 Å². The topological polar surface area (TPSA) is 60.2 Å². The van der Waals surface area contributed by atoms with Crippen molar-refractivity contribution in [3.05, 3.63) is 70.2 Å². The van der Waals surface area contributed by atoms with Crippen LogP contribution in [0.15, 0.2) is 62.8 Å². The van der Waals surface area contributed by atoms with Crippen LogP contribution < -0.4 is 5.14 Å². The standard InChI is InChI=1S/C19H14BrF2NO2S2/c1-10-6-12(3-5-15(10)20)14-4-2-11(9-18(14)26)13-7-16(21)19(17(22)8-13)27(23,24)25/h2-9,26H,1H3,(H2,23,24,25). The van der Waals surface area contributed by atoms with Crippen molar-refractivity contribution in [3.63, 3.8) is 0 Å². The van der Waals surface area contributed by atoms with Gasteiger partial charge in [-0.1, -0.05) is 40.2 Å². The van der Waals surface area contributed by atoms with Crippen LogP contribution in [-0.2, 0) is 10.0 Å². The summed E-state index contributed by atoms with van der Waals surface area (Å²) in [7, 11) is -4.49. The number of thiol groups is 1. The zero-order chi connectivity index (χ0) is 19.9. The van der Waals surface area contributed by atoms with E-state index in [2.05, 4.69) is 28.6 Å². The summed E-state index contributed by atoms with van der Waals surface area (Å²) >= 11 is 7.95. The van der Waals surface area contributed by atoms with Gasteiger partial charge in [-0.15, -0.1) is 12.6 Å². The molecule has 3 nitrogen and oxygen atoms in total. The molecule has 0 atom stereocenters. The Hall–Kier alpha value is -1.74. The summed E-state index contributed by atoms with van der Waals surface area (Å²) in [6.45, 7) is 1.97. The molecule has 3 aromatic rings. The van der Waals surface area contributed by atoms with Gasteiger partial charge in [0, 0.05) is 9.37 Å². The summed E-state index contributed by atoms with van der Waals surface area (Å²) < 4.78 is 51.8. The number of primary sulfonamides is 1. The monoisotopic (exact) mass is 469 g/mol. The van der Waals surface area contributed by atoms with Gasteiger partial charge in [0.05, 0.1) is 0 Å². The highest BCUT2D eigenvalue weighted by Gasteiger charge is 2.21. The van der Waals surface area contributed by atoms with Gasteiger partial charge in [0.1, 0.15) is 11.6 Å². The average Bonchev–Trinajstić information content (AvgIpc) is 2.55. The molecule has 2 N–H and O–H groups in total. The third-order valence-electron chi connectivity index (χ3n) is 4.08. The molecule has 0 fully saturated rings. The molecule has 0 saturated heterocycles. The van der Waals surface area contributed by atoms with E-state index in [0.717, 1.165) is 33.3 Å². The minimum atomic E-state index is -4.49. The first kappa shape index (κ1) is 20.0. The average molecular weight is 470 g/mol. The van der Waals surface area contributed by atoms with Crippen LogP contribution >= 0.6 is 28.6 Å². The molecule has 0 aliphatic carbocycles. The predicted octanol–water partition coefficient (Wildman–Crippen LogP) is 5.31. The Labute approximate surface area is 169 Å². The van der Waals surface area contributed by atoms with Crippen LogP contribution in [0.1, 0.15) is 5.56 Å². The fourth-order valence-corrected chi connectivity index (χ4v) is 4.02. The second kappa shape index (κ2) is 7.35. The Morgan fingerprint density at radius 2 is 1.52 bits per heavy atom. The smallest absolute Gasteiger partial charge is 0.224 e. The lowest BCUT2D eigenvalue weighted by molar-refractivity contribution is 0.520. The van der Waals surface area contributed by atoms with E-state index in [4.69, 9.17) is 5.14 Å². The Morgan fingerprint density at radius 3 is 2.04 bits per heavy atom. The van der Waals surface area contributed by atoms with Gasteiger partial charge in [-0.25, -0.2) is 22.3 Å². The molecule has 0 bridgehead atoms. The Balaban J connectivity index is 2.07. The van der Waals surface area contributed by atoms with Crippen LogP contribution in [0.5, 0.6) is 0 Å². The second-order valence-electron chi connectivity index (χ2n) is 6.01. The number of benzene rings is 3. The highest BCUT2D eigenvalue weighted by Crippen LogP contribution is 2.34. The third kappa shape index (κ3) is 4.08. The van der Waals surface area contributed by atoms with Crippen molar-refractivity contribution in [2.45, 2.75) is 16.7 Å². The van der Waals surface area contributed by atoms with Gasteiger partial charge >= 0.3 is 0 Å². The number of halogens is 3. The van der Waals surface area contributed by atoms with Crippen molar-refractivity contribution >= 4 is 38.6 Å². The van der Waals surface area contributed by atoms with E-state index < -0.39 is 26.6 Å². The van der Waals surface area contributed by atoms with E-state index >= 15 is 0 Å². The first-order valence-corrected chi connectivity index (χ1v) is 10.5. The summed E-state index contributed by atoms with van der Waals surface area (Å²) in [4.78, 5) is -0.523. The number of hydrogen-bond donors (Lipinski definition) is 2. The van der Waals surface area contributed by atoms with Crippen molar-refractivity contribution in [1.82, 2.24) is 0 Å². The lowest BCUT2D eigenvalue weighted by Gasteiger charge is -2.11. The largest absolute Gasteiger partial charge is 0.243 e. The molecule has 0 aliphatic heterocycles. The maximum atomic E-state index is 14.1. The zero-order valence-corrected chi connectivity index (χ0v) is 17.3. The minimum Gasteiger partial charge on any atom is -0.224 e. The minimum absolute atomic E-state index is 0.186.